The maximum atomic E-state index is 15.1. The van der Waals surface area contributed by atoms with E-state index in [0.717, 1.165) is 26.8 Å². The molecule has 4 aromatic rings. The van der Waals surface area contributed by atoms with Gasteiger partial charge in [-0.2, -0.15) is 5.10 Å². The number of likely N-dealkylation sites (N-methyl/N-ethyl adjacent to an activating group) is 1. The van der Waals surface area contributed by atoms with Crippen molar-refractivity contribution in [2.75, 3.05) is 26.7 Å². The highest BCUT2D eigenvalue weighted by Crippen LogP contribution is 2.39. The Hall–Kier alpha value is -3.86. The van der Waals surface area contributed by atoms with Crippen molar-refractivity contribution in [2.45, 2.75) is 13.1 Å². The van der Waals surface area contributed by atoms with Crippen molar-refractivity contribution in [3.8, 4) is 11.1 Å². The Morgan fingerprint density at radius 1 is 1.13 bits per heavy atom. The normalized spacial score (nSPS) is 13.7. The SMILES string of the molecule is CN(CCO)Cc1ccc(F)cc1-c1cccc2cc(C3=C(F)C=NC(NCCn4cccn4)=CN3)sc12. The number of hydrogen-bond acceptors (Lipinski definition) is 7. The number of allylic oxidation sites excluding steroid dienone is 1. The third kappa shape index (κ3) is 5.83. The molecule has 0 saturated heterocycles. The first-order valence-electron chi connectivity index (χ1n) is 12.2. The van der Waals surface area contributed by atoms with Gasteiger partial charge in [0.2, 0.25) is 0 Å². The maximum absolute atomic E-state index is 15.1. The van der Waals surface area contributed by atoms with E-state index in [-0.39, 0.29) is 12.4 Å². The molecule has 10 heteroatoms. The van der Waals surface area contributed by atoms with Crippen molar-refractivity contribution in [2.24, 2.45) is 4.99 Å². The predicted octanol–water partition coefficient (Wildman–Crippen LogP) is 4.73. The number of halogens is 2. The van der Waals surface area contributed by atoms with Gasteiger partial charge in [-0.3, -0.25) is 9.58 Å². The minimum atomic E-state index is -0.477. The lowest BCUT2D eigenvalue weighted by Crippen LogP contribution is -2.21. The van der Waals surface area contributed by atoms with Crippen molar-refractivity contribution in [1.29, 1.82) is 0 Å². The first kappa shape index (κ1) is 25.8. The van der Waals surface area contributed by atoms with Crippen LogP contribution in [-0.4, -0.2) is 52.7 Å². The monoisotopic (exact) mass is 534 g/mol. The van der Waals surface area contributed by atoms with E-state index in [9.17, 15) is 9.50 Å². The summed E-state index contributed by atoms with van der Waals surface area (Å²) in [7, 11) is 1.91. The van der Waals surface area contributed by atoms with E-state index in [0.29, 0.717) is 42.6 Å². The van der Waals surface area contributed by atoms with Crippen molar-refractivity contribution in [3.05, 3.63) is 95.0 Å². The topological polar surface area (TPSA) is 77.7 Å². The molecule has 1 aliphatic rings. The molecule has 0 spiro atoms. The van der Waals surface area contributed by atoms with E-state index < -0.39 is 5.83 Å². The van der Waals surface area contributed by atoms with Gasteiger partial charge in [0, 0.05) is 42.9 Å². The molecular weight excluding hydrogens is 506 g/mol. The van der Waals surface area contributed by atoms with E-state index in [2.05, 4.69) is 20.7 Å². The number of fused-ring (bicyclic) bond motifs is 1. The van der Waals surface area contributed by atoms with Crippen LogP contribution in [0.2, 0.25) is 0 Å². The lowest BCUT2D eigenvalue weighted by atomic mass is 9.98. The van der Waals surface area contributed by atoms with Gasteiger partial charge in [0.15, 0.2) is 5.83 Å². The summed E-state index contributed by atoms with van der Waals surface area (Å²) in [6.45, 7) is 2.35. The molecule has 3 heterocycles. The second kappa shape index (κ2) is 11.7. The molecule has 0 amide bonds. The number of nitrogens with zero attached hydrogens (tertiary/aromatic N) is 4. The van der Waals surface area contributed by atoms with Gasteiger partial charge in [0.05, 0.1) is 29.9 Å². The van der Waals surface area contributed by atoms with Gasteiger partial charge in [0.1, 0.15) is 11.6 Å². The Balaban J connectivity index is 1.42. The van der Waals surface area contributed by atoms with Crippen molar-refractivity contribution >= 4 is 33.3 Å². The standard InChI is InChI=1S/C28H28F2N6OS/c1-35(12-13-37)18-20-6-7-21(29)15-23(20)22-5-2-4-19-14-25(38-28(19)22)27-24(30)16-32-26(17-33-27)31-9-11-36-10-3-8-34-36/h2-8,10,14-17,31,33,37H,9,11-13,18H2,1H3. The van der Waals surface area contributed by atoms with Crippen LogP contribution in [0, 0.1) is 5.82 Å². The van der Waals surface area contributed by atoms with E-state index >= 15 is 4.39 Å². The molecule has 2 aromatic carbocycles. The largest absolute Gasteiger partial charge is 0.395 e. The highest BCUT2D eigenvalue weighted by Gasteiger charge is 2.18. The van der Waals surface area contributed by atoms with Gasteiger partial charge in [0.25, 0.3) is 0 Å². The number of aliphatic hydroxyl groups is 1. The lowest BCUT2D eigenvalue weighted by Gasteiger charge is -2.18. The summed E-state index contributed by atoms with van der Waals surface area (Å²) in [4.78, 5) is 6.92. The molecule has 0 aliphatic carbocycles. The number of nitrogens with one attached hydrogen (secondary N) is 2. The van der Waals surface area contributed by atoms with E-state index in [1.54, 1.807) is 23.1 Å². The third-order valence-electron chi connectivity index (χ3n) is 6.19. The van der Waals surface area contributed by atoms with Gasteiger partial charge in [-0.15, -0.1) is 11.3 Å². The molecule has 0 bridgehead atoms. The van der Waals surface area contributed by atoms with Crippen LogP contribution < -0.4 is 10.6 Å². The summed E-state index contributed by atoms with van der Waals surface area (Å²) in [5.74, 6) is -0.286. The van der Waals surface area contributed by atoms with Gasteiger partial charge < -0.3 is 15.7 Å². The summed E-state index contributed by atoms with van der Waals surface area (Å²) in [6, 6.07) is 14.4. The summed E-state index contributed by atoms with van der Waals surface area (Å²) in [5, 5.41) is 20.6. The van der Waals surface area contributed by atoms with Crippen LogP contribution in [-0.2, 0) is 13.1 Å². The summed E-state index contributed by atoms with van der Waals surface area (Å²) in [6.07, 6.45) is 6.45. The molecule has 0 radical (unpaired) electrons. The Kier molecular flexibility index (Phi) is 7.92. The van der Waals surface area contributed by atoms with Crippen LogP contribution in [0.4, 0.5) is 8.78 Å². The molecule has 196 valence electrons. The minimum absolute atomic E-state index is 0.0455. The van der Waals surface area contributed by atoms with E-state index in [1.165, 1.54) is 29.7 Å². The first-order chi connectivity index (χ1) is 18.5. The van der Waals surface area contributed by atoms with Gasteiger partial charge in [-0.25, -0.2) is 13.8 Å². The number of benzene rings is 2. The summed E-state index contributed by atoms with van der Waals surface area (Å²) in [5.41, 5.74) is 2.93. The van der Waals surface area contributed by atoms with Crippen LogP contribution >= 0.6 is 11.3 Å². The van der Waals surface area contributed by atoms with Crippen molar-refractivity contribution < 1.29 is 13.9 Å². The van der Waals surface area contributed by atoms with Gasteiger partial charge in [-0.1, -0.05) is 24.3 Å². The molecule has 38 heavy (non-hydrogen) atoms. The quantitative estimate of drug-likeness (QED) is 0.274. The van der Waals surface area contributed by atoms with Gasteiger partial charge >= 0.3 is 0 Å². The average molecular weight is 535 g/mol. The lowest BCUT2D eigenvalue weighted by molar-refractivity contribution is 0.217. The van der Waals surface area contributed by atoms with Crippen molar-refractivity contribution in [3.63, 3.8) is 0 Å². The Bertz CT molecular complexity index is 1510. The molecule has 0 unspecified atom stereocenters. The molecule has 7 nitrogen and oxygen atoms in total. The van der Waals surface area contributed by atoms with Crippen LogP contribution in [0.3, 0.4) is 0 Å². The average Bonchev–Trinajstić information content (AvgIpc) is 3.54. The first-order valence-corrected chi connectivity index (χ1v) is 13.1. The molecular formula is C28H28F2N6OS. The van der Waals surface area contributed by atoms with Crippen LogP contribution in [0.1, 0.15) is 10.4 Å². The zero-order valence-corrected chi connectivity index (χ0v) is 21.7. The fourth-order valence-electron chi connectivity index (χ4n) is 4.33. The molecule has 1 aliphatic heterocycles. The second-order valence-electron chi connectivity index (χ2n) is 8.95. The van der Waals surface area contributed by atoms with Crippen molar-refractivity contribution in [1.82, 2.24) is 25.3 Å². The number of aromatic nitrogens is 2. The van der Waals surface area contributed by atoms with Crippen LogP contribution in [0.15, 0.2) is 83.8 Å². The maximum Gasteiger partial charge on any atom is 0.166 e. The summed E-state index contributed by atoms with van der Waals surface area (Å²) < 4.78 is 32.2. The number of aliphatic hydroxyl groups excluding tert-OH is 1. The Morgan fingerprint density at radius 2 is 2.03 bits per heavy atom. The highest BCUT2D eigenvalue weighted by atomic mass is 32.1. The fraction of sp³-hybridized carbons (Fsp3) is 0.214. The zero-order valence-electron chi connectivity index (χ0n) is 20.9. The Morgan fingerprint density at radius 3 is 2.84 bits per heavy atom. The number of hydrogen-bond donors (Lipinski definition) is 3. The molecule has 0 fully saturated rings. The van der Waals surface area contributed by atoms with Crippen LogP contribution in [0.5, 0.6) is 0 Å². The molecule has 5 rings (SSSR count). The van der Waals surface area contributed by atoms with Crippen LogP contribution in [0.25, 0.3) is 26.9 Å². The molecule has 0 atom stereocenters. The smallest absolute Gasteiger partial charge is 0.166 e. The predicted molar refractivity (Wildman–Crippen MR) is 149 cm³/mol. The number of aliphatic imine (C=N–C) groups is 1. The Labute approximate surface area is 223 Å². The van der Waals surface area contributed by atoms with E-state index in [4.69, 9.17) is 0 Å². The highest BCUT2D eigenvalue weighted by molar-refractivity contribution is 7.20. The van der Waals surface area contributed by atoms with Gasteiger partial charge in [-0.05, 0) is 53.4 Å². The second-order valence-corrected chi connectivity index (χ2v) is 10.0. The third-order valence-corrected chi connectivity index (χ3v) is 7.39. The fourth-order valence-corrected chi connectivity index (χ4v) is 5.53. The van der Waals surface area contributed by atoms with E-state index in [1.807, 2.05) is 48.5 Å². The molecule has 2 aromatic heterocycles. The molecule has 0 saturated carbocycles. The minimum Gasteiger partial charge on any atom is -0.395 e. The number of thiophene rings is 1. The zero-order chi connectivity index (χ0) is 26.5. The molecule has 3 N–H and O–H groups in total. The number of rotatable bonds is 10. The summed E-state index contributed by atoms with van der Waals surface area (Å²) >= 11 is 1.44.